The van der Waals surface area contributed by atoms with Gasteiger partial charge in [0.1, 0.15) is 0 Å². The molecule has 0 amide bonds. The average Bonchev–Trinajstić information content (AvgIpc) is 2.28. The van der Waals surface area contributed by atoms with Crippen LogP contribution in [-0.2, 0) is 6.42 Å². The van der Waals surface area contributed by atoms with Crippen molar-refractivity contribution in [1.29, 1.82) is 0 Å². The first kappa shape index (κ1) is 12.5. The zero-order valence-corrected chi connectivity index (χ0v) is 10.4. The van der Waals surface area contributed by atoms with E-state index in [4.69, 9.17) is 0 Å². The average molecular weight is 224 g/mol. The Labute approximate surface area is 96.9 Å². The molecule has 1 atom stereocenters. The highest BCUT2D eigenvalue weighted by atomic mass is 32.2. The molecule has 1 unspecified atom stereocenters. The first-order chi connectivity index (χ1) is 7.36. The van der Waals surface area contributed by atoms with Crippen LogP contribution in [0, 0.1) is 0 Å². The number of thioether (sulfide) groups is 1. The van der Waals surface area contributed by atoms with E-state index in [-0.39, 0.29) is 0 Å². The minimum atomic E-state index is 0.551. The molecule has 0 saturated carbocycles. The zero-order valence-electron chi connectivity index (χ0n) is 9.57. The molecule has 1 N–H and O–H groups in total. The Kier molecular flexibility index (Phi) is 6.44. The SMILES string of the molecule is CCNC(CSCC)Cc1ccccn1. The maximum atomic E-state index is 4.36. The van der Waals surface area contributed by atoms with Gasteiger partial charge in [-0.05, 0) is 24.4 Å². The van der Waals surface area contributed by atoms with Gasteiger partial charge in [0.05, 0.1) is 0 Å². The van der Waals surface area contributed by atoms with Crippen LogP contribution in [0.4, 0.5) is 0 Å². The van der Waals surface area contributed by atoms with Gasteiger partial charge in [-0.3, -0.25) is 4.98 Å². The van der Waals surface area contributed by atoms with Crippen molar-refractivity contribution in [2.75, 3.05) is 18.1 Å². The second-order valence-electron chi connectivity index (χ2n) is 3.44. The minimum absolute atomic E-state index is 0.551. The summed E-state index contributed by atoms with van der Waals surface area (Å²) < 4.78 is 0. The third-order valence-corrected chi connectivity index (χ3v) is 3.24. The Bertz CT molecular complexity index is 251. The van der Waals surface area contributed by atoms with Crippen LogP contribution in [-0.4, -0.2) is 29.1 Å². The summed E-state index contributed by atoms with van der Waals surface area (Å²) in [6.45, 7) is 5.39. The molecule has 0 bridgehead atoms. The number of aromatic nitrogens is 1. The first-order valence-corrected chi connectivity index (χ1v) is 6.73. The summed E-state index contributed by atoms with van der Waals surface area (Å²) in [4.78, 5) is 4.36. The molecule has 0 aromatic carbocycles. The molecule has 1 aromatic rings. The topological polar surface area (TPSA) is 24.9 Å². The van der Waals surface area contributed by atoms with Crippen molar-refractivity contribution < 1.29 is 0 Å². The molecule has 0 saturated heterocycles. The second kappa shape index (κ2) is 7.71. The van der Waals surface area contributed by atoms with Gasteiger partial charge in [-0.15, -0.1) is 0 Å². The predicted octanol–water partition coefficient (Wildman–Crippen LogP) is 2.36. The van der Waals surface area contributed by atoms with Gasteiger partial charge < -0.3 is 5.32 Å². The fraction of sp³-hybridized carbons (Fsp3) is 0.583. The number of nitrogens with one attached hydrogen (secondary N) is 1. The molecule has 0 spiro atoms. The third kappa shape index (κ3) is 5.19. The van der Waals surface area contributed by atoms with Crippen molar-refractivity contribution in [2.24, 2.45) is 0 Å². The van der Waals surface area contributed by atoms with Crippen molar-refractivity contribution in [3.63, 3.8) is 0 Å². The van der Waals surface area contributed by atoms with Crippen molar-refractivity contribution in [3.05, 3.63) is 30.1 Å². The van der Waals surface area contributed by atoms with E-state index >= 15 is 0 Å². The van der Waals surface area contributed by atoms with Gasteiger partial charge in [-0.25, -0.2) is 0 Å². The van der Waals surface area contributed by atoms with E-state index in [0.29, 0.717) is 6.04 Å². The second-order valence-corrected chi connectivity index (χ2v) is 4.76. The Morgan fingerprint density at radius 2 is 2.27 bits per heavy atom. The lowest BCUT2D eigenvalue weighted by Crippen LogP contribution is -2.33. The molecule has 2 nitrogen and oxygen atoms in total. The maximum Gasteiger partial charge on any atom is 0.0419 e. The molecule has 0 aliphatic rings. The van der Waals surface area contributed by atoms with E-state index in [2.05, 4.69) is 36.3 Å². The quantitative estimate of drug-likeness (QED) is 0.769. The van der Waals surface area contributed by atoms with Gasteiger partial charge >= 0.3 is 0 Å². The van der Waals surface area contributed by atoms with Crippen LogP contribution < -0.4 is 5.32 Å². The standard InChI is InChI=1S/C12H20N2S/c1-3-13-12(10-15-4-2)9-11-7-5-6-8-14-11/h5-8,12-13H,3-4,9-10H2,1-2H3. The molecule has 1 aromatic heterocycles. The summed E-state index contributed by atoms with van der Waals surface area (Å²) in [6, 6.07) is 6.67. The maximum absolute atomic E-state index is 4.36. The van der Waals surface area contributed by atoms with Crippen molar-refractivity contribution in [2.45, 2.75) is 26.3 Å². The molecule has 1 rings (SSSR count). The monoisotopic (exact) mass is 224 g/mol. The largest absolute Gasteiger partial charge is 0.313 e. The van der Waals surface area contributed by atoms with E-state index in [1.807, 2.05) is 24.0 Å². The normalized spacial score (nSPS) is 12.7. The number of hydrogen-bond donors (Lipinski definition) is 1. The number of pyridine rings is 1. The van der Waals surface area contributed by atoms with Crippen molar-refractivity contribution in [1.82, 2.24) is 10.3 Å². The molecule has 84 valence electrons. The van der Waals surface area contributed by atoms with Gasteiger partial charge in [0, 0.05) is 30.1 Å². The van der Waals surface area contributed by atoms with Crippen LogP contribution >= 0.6 is 11.8 Å². The van der Waals surface area contributed by atoms with E-state index < -0.39 is 0 Å². The first-order valence-electron chi connectivity index (χ1n) is 5.57. The third-order valence-electron chi connectivity index (χ3n) is 2.20. The highest BCUT2D eigenvalue weighted by Crippen LogP contribution is 2.06. The Balaban J connectivity index is 2.43. The lowest BCUT2D eigenvalue weighted by Gasteiger charge is -2.16. The fourth-order valence-electron chi connectivity index (χ4n) is 1.51. The van der Waals surface area contributed by atoms with Gasteiger partial charge in [-0.1, -0.05) is 19.9 Å². The number of likely N-dealkylation sites (N-methyl/N-ethyl adjacent to an activating group) is 1. The van der Waals surface area contributed by atoms with E-state index in [1.54, 1.807) is 0 Å². The van der Waals surface area contributed by atoms with E-state index in [9.17, 15) is 0 Å². The zero-order chi connectivity index (χ0) is 10.9. The summed E-state index contributed by atoms with van der Waals surface area (Å²) in [6.07, 6.45) is 2.90. The molecule has 15 heavy (non-hydrogen) atoms. The molecular weight excluding hydrogens is 204 g/mol. The highest BCUT2D eigenvalue weighted by Gasteiger charge is 2.08. The summed E-state index contributed by atoms with van der Waals surface area (Å²) in [5.74, 6) is 2.35. The smallest absolute Gasteiger partial charge is 0.0419 e. The van der Waals surface area contributed by atoms with Gasteiger partial charge in [0.2, 0.25) is 0 Å². The van der Waals surface area contributed by atoms with Crippen LogP contribution in [0.2, 0.25) is 0 Å². The lowest BCUT2D eigenvalue weighted by atomic mass is 10.1. The number of rotatable bonds is 7. The highest BCUT2D eigenvalue weighted by molar-refractivity contribution is 7.99. The van der Waals surface area contributed by atoms with Crippen molar-refractivity contribution >= 4 is 11.8 Å². The molecule has 0 aliphatic carbocycles. The molecular formula is C12H20N2S. The van der Waals surface area contributed by atoms with Gasteiger partial charge in [0.25, 0.3) is 0 Å². The molecule has 0 aliphatic heterocycles. The van der Waals surface area contributed by atoms with Gasteiger partial charge in [-0.2, -0.15) is 11.8 Å². The summed E-state index contributed by atoms with van der Waals surface area (Å²) in [5, 5.41) is 3.51. The summed E-state index contributed by atoms with van der Waals surface area (Å²) in [5.41, 5.74) is 1.18. The molecule has 0 fully saturated rings. The Hall–Kier alpha value is -0.540. The number of hydrogen-bond acceptors (Lipinski definition) is 3. The summed E-state index contributed by atoms with van der Waals surface area (Å²) in [7, 11) is 0. The van der Waals surface area contributed by atoms with Crippen LogP contribution in [0.5, 0.6) is 0 Å². The minimum Gasteiger partial charge on any atom is -0.313 e. The van der Waals surface area contributed by atoms with E-state index in [1.165, 1.54) is 17.2 Å². The van der Waals surface area contributed by atoms with Crippen LogP contribution in [0.25, 0.3) is 0 Å². The molecule has 3 heteroatoms. The number of nitrogens with zero attached hydrogens (tertiary/aromatic N) is 1. The Morgan fingerprint density at radius 3 is 2.87 bits per heavy atom. The predicted molar refractivity (Wildman–Crippen MR) is 68.4 cm³/mol. The van der Waals surface area contributed by atoms with E-state index in [0.717, 1.165) is 13.0 Å². The molecule has 0 radical (unpaired) electrons. The lowest BCUT2D eigenvalue weighted by molar-refractivity contribution is 0.567. The summed E-state index contributed by atoms with van der Waals surface area (Å²) >= 11 is 1.99. The Morgan fingerprint density at radius 1 is 1.40 bits per heavy atom. The van der Waals surface area contributed by atoms with Crippen molar-refractivity contribution in [3.8, 4) is 0 Å². The van der Waals surface area contributed by atoms with Crippen LogP contribution in [0.1, 0.15) is 19.5 Å². The van der Waals surface area contributed by atoms with Crippen LogP contribution in [0.15, 0.2) is 24.4 Å². The van der Waals surface area contributed by atoms with Crippen LogP contribution in [0.3, 0.4) is 0 Å². The fourth-order valence-corrected chi connectivity index (χ4v) is 2.27. The molecule has 1 heterocycles. The van der Waals surface area contributed by atoms with Gasteiger partial charge in [0.15, 0.2) is 0 Å².